The molecule has 3 aromatic rings. The van der Waals surface area contributed by atoms with Crippen molar-refractivity contribution in [3.8, 4) is 0 Å². The fraction of sp³-hybridized carbons (Fsp3) is 0.0667. The van der Waals surface area contributed by atoms with Crippen molar-refractivity contribution in [3.63, 3.8) is 0 Å². The van der Waals surface area contributed by atoms with Gasteiger partial charge in [-0.05, 0) is 12.1 Å². The van der Waals surface area contributed by atoms with Crippen LogP contribution in [0, 0.1) is 6.57 Å². The predicted octanol–water partition coefficient (Wildman–Crippen LogP) is 3.15. The Morgan fingerprint density at radius 1 is 1.15 bits per heavy atom. The van der Waals surface area contributed by atoms with Crippen LogP contribution < -0.4 is 0 Å². The van der Waals surface area contributed by atoms with Crippen molar-refractivity contribution in [1.82, 2.24) is 8.75 Å². The van der Waals surface area contributed by atoms with Gasteiger partial charge in [0.15, 0.2) is 0 Å². The van der Waals surface area contributed by atoms with E-state index in [0.29, 0.717) is 5.56 Å². The molecule has 0 fully saturated rings. The Bertz CT molecular complexity index is 1150. The summed E-state index contributed by atoms with van der Waals surface area (Å²) in [7, 11) is -4.47. The summed E-state index contributed by atoms with van der Waals surface area (Å²) in [6.07, 6.45) is -1.37. The lowest BCUT2D eigenvalue weighted by Crippen LogP contribution is -2.14. The van der Waals surface area contributed by atoms with Gasteiger partial charge in [0.25, 0.3) is 15.9 Å². The summed E-state index contributed by atoms with van der Waals surface area (Å²) in [6.45, 7) is 7.17. The molecule has 1 unspecified atom stereocenters. The van der Waals surface area contributed by atoms with Crippen LogP contribution in [0.25, 0.3) is 15.9 Å². The van der Waals surface area contributed by atoms with E-state index in [-0.39, 0.29) is 16.7 Å². The highest BCUT2D eigenvalue weighted by Crippen LogP contribution is 2.30. The van der Waals surface area contributed by atoms with Gasteiger partial charge in [-0.3, -0.25) is 14.2 Å². The van der Waals surface area contributed by atoms with E-state index in [1.807, 2.05) is 0 Å². The Kier molecular flexibility index (Phi) is 4.81. The molecule has 11 heteroatoms. The van der Waals surface area contributed by atoms with Crippen molar-refractivity contribution in [2.45, 2.75) is 11.1 Å². The van der Waals surface area contributed by atoms with Crippen LogP contribution in [0.1, 0.15) is 10.4 Å². The van der Waals surface area contributed by atoms with Crippen LogP contribution in [0.4, 0.5) is 5.69 Å². The Labute approximate surface area is 151 Å². The topological polar surface area (TPSA) is 126 Å². The molecule has 0 aliphatic rings. The average Bonchev–Trinajstić information content (AvgIpc) is 3.11. The van der Waals surface area contributed by atoms with Gasteiger partial charge in [0.1, 0.15) is 21.6 Å². The van der Waals surface area contributed by atoms with Gasteiger partial charge in [0.2, 0.25) is 0 Å². The average molecular weight is 387 g/mol. The molecule has 1 atom stereocenters. The lowest BCUT2D eigenvalue weighted by atomic mass is 10.1. The first kappa shape index (κ1) is 17.7. The van der Waals surface area contributed by atoms with Crippen molar-refractivity contribution in [2.24, 2.45) is 10.2 Å². The molecule has 0 amide bonds. The van der Waals surface area contributed by atoms with E-state index in [1.165, 1.54) is 6.07 Å². The van der Waals surface area contributed by atoms with Crippen LogP contribution >= 0.6 is 11.7 Å². The molecule has 0 aliphatic carbocycles. The second-order valence-corrected chi connectivity index (χ2v) is 6.89. The summed E-state index contributed by atoms with van der Waals surface area (Å²) in [5.74, 6) is -0.508. The highest BCUT2D eigenvalue weighted by molar-refractivity contribution is 7.86. The van der Waals surface area contributed by atoms with Crippen LogP contribution in [0.2, 0.25) is 0 Å². The maximum atomic E-state index is 12.3. The molecule has 0 bridgehead atoms. The highest BCUT2D eigenvalue weighted by atomic mass is 32.2. The number of hydrogen-bond donors (Lipinski definition) is 1. The van der Waals surface area contributed by atoms with Crippen molar-refractivity contribution in [1.29, 1.82) is 0 Å². The number of carbonyl (C=O) groups excluding carboxylic acids is 1. The lowest BCUT2D eigenvalue weighted by Gasteiger charge is -2.01. The third-order valence-corrected chi connectivity index (χ3v) is 4.74. The van der Waals surface area contributed by atoms with E-state index in [1.54, 1.807) is 30.3 Å². The maximum absolute atomic E-state index is 12.3. The number of aromatic nitrogens is 2. The first-order valence-corrected chi connectivity index (χ1v) is 9.18. The number of azo groups is 1. The third-order valence-electron chi connectivity index (χ3n) is 3.32. The molecule has 0 saturated carbocycles. The fourth-order valence-electron chi connectivity index (χ4n) is 2.12. The molecule has 26 heavy (non-hydrogen) atoms. The van der Waals surface area contributed by atoms with Crippen molar-refractivity contribution < 1.29 is 17.8 Å². The molecular weight excluding hydrogens is 378 g/mol. The highest BCUT2D eigenvalue weighted by Gasteiger charge is 2.25. The third kappa shape index (κ3) is 3.47. The monoisotopic (exact) mass is 387 g/mol. The van der Waals surface area contributed by atoms with E-state index in [9.17, 15) is 17.8 Å². The van der Waals surface area contributed by atoms with E-state index >= 15 is 0 Å². The summed E-state index contributed by atoms with van der Waals surface area (Å²) < 4.78 is 39.7. The van der Waals surface area contributed by atoms with Crippen LogP contribution in [0.15, 0.2) is 57.6 Å². The van der Waals surface area contributed by atoms with Crippen LogP contribution in [0.5, 0.6) is 0 Å². The number of nitrogens with zero attached hydrogens (tertiary/aromatic N) is 5. The second kappa shape index (κ2) is 7.04. The molecule has 0 aliphatic heterocycles. The van der Waals surface area contributed by atoms with Gasteiger partial charge in [-0.2, -0.15) is 17.2 Å². The van der Waals surface area contributed by atoms with Crippen molar-refractivity contribution in [3.05, 3.63) is 59.4 Å². The molecule has 1 heterocycles. The summed E-state index contributed by atoms with van der Waals surface area (Å²) >= 11 is 0.736. The molecule has 0 saturated heterocycles. The largest absolute Gasteiger partial charge is 0.395 e. The van der Waals surface area contributed by atoms with Gasteiger partial charge in [-0.15, -0.1) is 5.11 Å². The van der Waals surface area contributed by atoms with E-state index < -0.39 is 27.0 Å². The van der Waals surface area contributed by atoms with E-state index in [4.69, 9.17) is 6.57 Å². The number of fused-ring (bicyclic) bond motifs is 1. The Hall–Kier alpha value is -3.07. The minimum absolute atomic E-state index is 0.0531. The molecule has 1 aromatic heterocycles. The lowest BCUT2D eigenvalue weighted by molar-refractivity contribution is 0.0976. The van der Waals surface area contributed by atoms with Gasteiger partial charge in [-0.1, -0.05) is 35.4 Å². The van der Waals surface area contributed by atoms with Gasteiger partial charge >= 0.3 is 6.17 Å². The molecule has 9 nitrogen and oxygen atoms in total. The van der Waals surface area contributed by atoms with Gasteiger partial charge in [-0.25, -0.2) is 6.57 Å². The number of rotatable bonds is 5. The van der Waals surface area contributed by atoms with E-state index in [2.05, 4.69) is 23.8 Å². The van der Waals surface area contributed by atoms with Crippen LogP contribution in [-0.4, -0.2) is 33.7 Å². The van der Waals surface area contributed by atoms with Gasteiger partial charge in [0, 0.05) is 5.56 Å². The summed E-state index contributed by atoms with van der Waals surface area (Å²) in [6, 6.07) is 10.6. The first-order chi connectivity index (χ1) is 12.4. The SMILES string of the molecule is [C-]#[N+]C(N=Nc1ccc(S(=O)(=O)O)c2nsnc12)C(=O)c1ccccc1. The molecule has 130 valence electrons. The molecular formula is C15H9N5O4S2. The Morgan fingerprint density at radius 3 is 2.50 bits per heavy atom. The number of Topliss-reactive ketones (excluding diaryl/α,β-unsaturated/α-hetero) is 1. The normalized spacial score (nSPS) is 12.9. The molecule has 3 rings (SSSR count). The van der Waals surface area contributed by atoms with Crippen LogP contribution in [-0.2, 0) is 10.1 Å². The minimum atomic E-state index is -4.47. The molecule has 1 N–H and O–H groups in total. The zero-order valence-corrected chi connectivity index (χ0v) is 14.5. The number of carbonyl (C=O) groups is 1. The van der Waals surface area contributed by atoms with Crippen molar-refractivity contribution in [2.75, 3.05) is 0 Å². The number of ketones is 1. The Morgan fingerprint density at radius 2 is 1.85 bits per heavy atom. The fourth-order valence-corrected chi connectivity index (χ4v) is 3.38. The molecule has 0 spiro atoms. The zero-order chi connectivity index (χ0) is 18.7. The molecule has 0 radical (unpaired) electrons. The standard InChI is InChI=1S/C15H9N5O4S2/c1-16-15(14(21)9-5-3-2-4-6-9)18-17-10-7-8-11(26(22,23)24)13-12(10)19-25-20-13/h2-8,15H,(H,22,23,24). The van der Waals surface area contributed by atoms with Gasteiger partial charge in [0.05, 0.1) is 11.7 Å². The first-order valence-electron chi connectivity index (χ1n) is 7.01. The zero-order valence-electron chi connectivity index (χ0n) is 12.8. The van der Waals surface area contributed by atoms with Crippen molar-refractivity contribution >= 4 is 44.4 Å². The summed E-state index contributed by atoms with van der Waals surface area (Å²) in [4.78, 5) is 15.1. The summed E-state index contributed by atoms with van der Waals surface area (Å²) in [5.41, 5.74) is 0.512. The summed E-state index contributed by atoms with van der Waals surface area (Å²) in [5, 5.41) is 7.62. The Balaban J connectivity index is 1.97. The molecule has 2 aromatic carbocycles. The van der Waals surface area contributed by atoms with Crippen LogP contribution in [0.3, 0.4) is 0 Å². The smallest absolute Gasteiger partial charge is 0.283 e. The van der Waals surface area contributed by atoms with E-state index in [0.717, 1.165) is 17.8 Å². The quantitative estimate of drug-likeness (QED) is 0.310. The number of benzene rings is 2. The predicted molar refractivity (Wildman–Crippen MR) is 92.9 cm³/mol. The second-order valence-electron chi connectivity index (χ2n) is 4.97. The van der Waals surface area contributed by atoms with Gasteiger partial charge < -0.3 is 0 Å². The minimum Gasteiger partial charge on any atom is -0.283 e. The maximum Gasteiger partial charge on any atom is 0.395 e. The number of hydrogen-bond acceptors (Lipinski definition) is 8.